The molecule has 1 saturated heterocycles. The summed E-state index contributed by atoms with van der Waals surface area (Å²) in [5.74, 6) is 1.31. The van der Waals surface area contributed by atoms with E-state index in [1.165, 1.54) is 0 Å². The molecule has 0 amide bonds. The topological polar surface area (TPSA) is 18.5 Å². The van der Waals surface area contributed by atoms with Gasteiger partial charge in [0, 0.05) is 0 Å². The first-order valence-corrected chi connectivity index (χ1v) is 3.98. The van der Waals surface area contributed by atoms with E-state index in [-0.39, 0.29) is 0 Å². The zero-order valence-corrected chi connectivity index (χ0v) is 4.68. The molecule has 1 aliphatic heterocycles. The minimum absolute atomic E-state index is 0.657. The molecule has 1 aliphatic rings. The highest BCUT2D eigenvalue weighted by Gasteiger charge is 1.96. The molecule has 0 N–H and O–H groups in total. The fraction of sp³-hybridized carbons (Fsp3) is 1.00. The van der Waals surface area contributed by atoms with Gasteiger partial charge < -0.3 is 0 Å². The Bertz CT molecular complexity index is 25.0. The molecule has 0 aromatic rings. The highest BCUT2D eigenvalue weighted by molar-refractivity contribution is 8.76. The van der Waals surface area contributed by atoms with Gasteiger partial charge >= 0.3 is 0 Å². The fourth-order valence-corrected chi connectivity index (χ4v) is 1.17. The quantitative estimate of drug-likeness (QED) is 0.357. The zero-order chi connectivity index (χ0) is 4.24. The number of hydrogen-bond donors (Lipinski definition) is 0. The maximum atomic E-state index is 4.51. The van der Waals surface area contributed by atoms with E-state index in [0.717, 1.165) is 0 Å². The van der Waals surface area contributed by atoms with Crippen LogP contribution in [0, 0.1) is 0 Å². The molecule has 0 bridgehead atoms. The second-order valence-electron chi connectivity index (χ2n) is 0.707. The molecule has 1 heterocycles. The van der Waals surface area contributed by atoms with Crippen molar-refractivity contribution < 1.29 is 9.78 Å². The van der Waals surface area contributed by atoms with E-state index in [1.54, 1.807) is 21.6 Å². The van der Waals surface area contributed by atoms with Gasteiger partial charge in [0.15, 0.2) is 0 Å². The van der Waals surface area contributed by atoms with Crippen LogP contribution in [0.4, 0.5) is 0 Å². The van der Waals surface area contributed by atoms with Crippen LogP contribution in [0.5, 0.6) is 0 Å². The molecule has 2 nitrogen and oxygen atoms in total. The van der Waals surface area contributed by atoms with Crippen LogP contribution in [0.2, 0.25) is 0 Å². The first kappa shape index (κ1) is 4.77. The van der Waals surface area contributed by atoms with E-state index in [9.17, 15) is 0 Å². The molecular formula is C2H4O2S2. The van der Waals surface area contributed by atoms with Crippen LogP contribution in [0.15, 0.2) is 0 Å². The summed E-state index contributed by atoms with van der Waals surface area (Å²) in [4.78, 5) is 9.02. The molecule has 6 heavy (non-hydrogen) atoms. The van der Waals surface area contributed by atoms with E-state index in [4.69, 9.17) is 0 Å². The summed E-state index contributed by atoms with van der Waals surface area (Å²) >= 11 is 0. The van der Waals surface area contributed by atoms with Crippen molar-refractivity contribution in [1.82, 2.24) is 0 Å². The van der Waals surface area contributed by atoms with Crippen LogP contribution in [-0.4, -0.2) is 11.9 Å². The van der Waals surface area contributed by atoms with Crippen LogP contribution in [0.25, 0.3) is 0 Å². The van der Waals surface area contributed by atoms with Gasteiger partial charge in [-0.1, -0.05) is 21.6 Å². The summed E-state index contributed by atoms with van der Waals surface area (Å²) in [6, 6.07) is 0. The Labute approximate surface area is 43.9 Å². The third-order valence-electron chi connectivity index (χ3n) is 0.359. The van der Waals surface area contributed by atoms with Gasteiger partial charge in [-0.3, -0.25) is 0 Å². The third-order valence-corrected chi connectivity index (χ3v) is 1.99. The normalized spacial score (nSPS) is 24.0. The molecule has 0 spiro atoms. The maximum absolute atomic E-state index is 4.51. The first-order chi connectivity index (χ1) is 3.00. The van der Waals surface area contributed by atoms with Crippen molar-refractivity contribution in [2.75, 3.05) is 11.9 Å². The van der Waals surface area contributed by atoms with E-state index < -0.39 is 0 Å². The second-order valence-corrected chi connectivity index (χ2v) is 3.06. The lowest BCUT2D eigenvalue weighted by Crippen LogP contribution is -1.95. The predicted octanol–water partition coefficient (Wildman–Crippen LogP) is 1.24. The molecule has 0 radical (unpaired) electrons. The Morgan fingerprint density at radius 3 is 1.67 bits per heavy atom. The molecule has 0 aromatic heterocycles. The summed E-state index contributed by atoms with van der Waals surface area (Å²) in [5.41, 5.74) is 0. The maximum Gasteiger partial charge on any atom is 0.138 e. The Balaban J connectivity index is 2.00. The molecule has 0 aromatic carbocycles. The van der Waals surface area contributed by atoms with E-state index >= 15 is 0 Å². The van der Waals surface area contributed by atoms with E-state index in [2.05, 4.69) is 9.78 Å². The molecule has 0 saturated carbocycles. The van der Waals surface area contributed by atoms with Gasteiger partial charge in [0.05, 0.1) is 0 Å². The highest BCUT2D eigenvalue weighted by Crippen LogP contribution is 2.24. The van der Waals surface area contributed by atoms with Crippen LogP contribution in [0.1, 0.15) is 0 Å². The fourth-order valence-electron chi connectivity index (χ4n) is 0.175. The summed E-state index contributed by atoms with van der Waals surface area (Å²) in [7, 11) is 3.33. The Hall–Kier alpha value is 0.620. The minimum Gasteiger partial charge on any atom is -0.224 e. The lowest BCUT2D eigenvalue weighted by Gasteiger charge is -2.06. The molecular weight excluding hydrogens is 120 g/mol. The van der Waals surface area contributed by atoms with Crippen molar-refractivity contribution in [3.63, 3.8) is 0 Å². The van der Waals surface area contributed by atoms with Crippen molar-refractivity contribution in [2.24, 2.45) is 0 Å². The largest absolute Gasteiger partial charge is 0.224 e. The molecule has 0 atom stereocenters. The molecule has 1 fully saturated rings. The number of hydrogen-bond acceptors (Lipinski definition) is 4. The van der Waals surface area contributed by atoms with Gasteiger partial charge in [0.1, 0.15) is 11.9 Å². The van der Waals surface area contributed by atoms with E-state index in [1.807, 2.05) is 0 Å². The molecule has 36 valence electrons. The monoisotopic (exact) mass is 124 g/mol. The van der Waals surface area contributed by atoms with Gasteiger partial charge in [0.2, 0.25) is 0 Å². The minimum atomic E-state index is 0.657. The third kappa shape index (κ3) is 1.38. The Morgan fingerprint density at radius 2 is 1.50 bits per heavy atom. The first-order valence-electron chi connectivity index (χ1n) is 1.49. The smallest absolute Gasteiger partial charge is 0.138 e. The van der Waals surface area contributed by atoms with Crippen molar-refractivity contribution >= 4 is 21.6 Å². The van der Waals surface area contributed by atoms with Gasteiger partial charge in [0.25, 0.3) is 0 Å². The van der Waals surface area contributed by atoms with Gasteiger partial charge in [-0.05, 0) is 0 Å². The van der Waals surface area contributed by atoms with Crippen LogP contribution in [0.3, 0.4) is 0 Å². The summed E-state index contributed by atoms with van der Waals surface area (Å²) in [6.07, 6.45) is 0. The summed E-state index contributed by atoms with van der Waals surface area (Å²) in [5, 5.41) is 0. The molecule has 0 aliphatic carbocycles. The van der Waals surface area contributed by atoms with Crippen molar-refractivity contribution in [2.45, 2.75) is 0 Å². The van der Waals surface area contributed by atoms with Crippen LogP contribution < -0.4 is 0 Å². The Morgan fingerprint density at radius 1 is 1.00 bits per heavy atom. The Kier molecular flexibility index (Phi) is 2.18. The van der Waals surface area contributed by atoms with E-state index in [0.29, 0.717) is 11.9 Å². The van der Waals surface area contributed by atoms with Crippen molar-refractivity contribution in [1.29, 1.82) is 0 Å². The molecule has 1 rings (SSSR count). The second kappa shape index (κ2) is 2.74. The van der Waals surface area contributed by atoms with Gasteiger partial charge in [-0.2, -0.15) is 0 Å². The summed E-state index contributed by atoms with van der Waals surface area (Å²) < 4.78 is 0. The summed E-state index contributed by atoms with van der Waals surface area (Å²) in [6.45, 7) is 0. The SMILES string of the molecule is C1OOCSS1. The highest BCUT2D eigenvalue weighted by atomic mass is 33.1. The van der Waals surface area contributed by atoms with Gasteiger partial charge in [-0.25, -0.2) is 9.78 Å². The lowest BCUT2D eigenvalue weighted by molar-refractivity contribution is -0.263. The van der Waals surface area contributed by atoms with Crippen LogP contribution in [-0.2, 0) is 9.78 Å². The average molecular weight is 124 g/mol. The average Bonchev–Trinajstić information content (AvgIpc) is 1.72. The van der Waals surface area contributed by atoms with Crippen molar-refractivity contribution in [3.05, 3.63) is 0 Å². The van der Waals surface area contributed by atoms with Gasteiger partial charge in [-0.15, -0.1) is 0 Å². The molecule has 4 heteroatoms. The van der Waals surface area contributed by atoms with Crippen molar-refractivity contribution in [3.8, 4) is 0 Å². The standard InChI is InChI=1S/C2H4O2S2/c1-3-4-2-6-5-1/h1-2H2. The number of rotatable bonds is 0. The predicted molar refractivity (Wildman–Crippen MR) is 27.1 cm³/mol. The zero-order valence-electron chi connectivity index (χ0n) is 3.05. The van der Waals surface area contributed by atoms with Crippen LogP contribution >= 0.6 is 21.6 Å². The molecule has 0 unspecified atom stereocenters. The lowest BCUT2D eigenvalue weighted by atomic mass is 11.7.